The number of aryl methyl sites for hydroxylation is 1. The fourth-order valence-corrected chi connectivity index (χ4v) is 3.74. The van der Waals surface area contributed by atoms with Gasteiger partial charge in [0, 0.05) is 23.6 Å². The van der Waals surface area contributed by atoms with Crippen molar-refractivity contribution in [3.63, 3.8) is 0 Å². The number of hydrogen-bond donors (Lipinski definition) is 1. The topological polar surface area (TPSA) is 46.2 Å². The first kappa shape index (κ1) is 14.3. The van der Waals surface area contributed by atoms with Crippen LogP contribution in [0.5, 0.6) is 0 Å². The van der Waals surface area contributed by atoms with E-state index < -0.39 is 0 Å². The van der Waals surface area contributed by atoms with Gasteiger partial charge in [0.15, 0.2) is 5.78 Å². The summed E-state index contributed by atoms with van der Waals surface area (Å²) < 4.78 is 0. The molecule has 1 aliphatic heterocycles. The molecule has 1 aliphatic carbocycles. The number of Topliss-reactive ketones (excluding diaryl/α,β-unsaturated/α-hetero) is 1. The van der Waals surface area contributed by atoms with Crippen LogP contribution in [0.3, 0.4) is 0 Å². The standard InChI is InChI=1S/C18H23NO2/c1-18(2)10-4-6-14(18)17(21)13-8-9-15-12(11-13)5-3-7-16(20)19-15/h8-9,11,14H,3-7,10H2,1-2H3,(H,19,20). The largest absolute Gasteiger partial charge is 0.326 e. The Balaban J connectivity index is 1.88. The molecule has 3 nitrogen and oxygen atoms in total. The lowest BCUT2D eigenvalue weighted by Gasteiger charge is -2.26. The number of hydrogen-bond acceptors (Lipinski definition) is 2. The van der Waals surface area contributed by atoms with Gasteiger partial charge in [-0.3, -0.25) is 9.59 Å². The number of fused-ring (bicyclic) bond motifs is 1. The number of carbonyl (C=O) groups excluding carboxylic acids is 2. The lowest BCUT2D eigenvalue weighted by molar-refractivity contribution is -0.116. The average Bonchev–Trinajstić information content (AvgIpc) is 2.67. The van der Waals surface area contributed by atoms with E-state index in [1.54, 1.807) is 0 Å². The molecule has 1 atom stereocenters. The molecule has 1 fully saturated rings. The van der Waals surface area contributed by atoms with Gasteiger partial charge >= 0.3 is 0 Å². The van der Waals surface area contributed by atoms with Gasteiger partial charge in [0.25, 0.3) is 0 Å². The lowest BCUT2D eigenvalue weighted by atomic mass is 9.77. The Bertz CT molecular complexity index is 589. The van der Waals surface area contributed by atoms with Gasteiger partial charge in [-0.2, -0.15) is 0 Å². The van der Waals surface area contributed by atoms with Gasteiger partial charge in [0.2, 0.25) is 5.91 Å². The van der Waals surface area contributed by atoms with Crippen molar-refractivity contribution in [3.8, 4) is 0 Å². The van der Waals surface area contributed by atoms with E-state index in [9.17, 15) is 9.59 Å². The minimum atomic E-state index is 0.0738. The maximum absolute atomic E-state index is 12.8. The average molecular weight is 285 g/mol. The smallest absolute Gasteiger partial charge is 0.224 e. The van der Waals surface area contributed by atoms with Crippen LogP contribution in [0.15, 0.2) is 18.2 Å². The van der Waals surface area contributed by atoms with Gasteiger partial charge in [0.05, 0.1) is 0 Å². The third-order valence-electron chi connectivity index (χ3n) is 5.09. The van der Waals surface area contributed by atoms with Crippen LogP contribution in [0, 0.1) is 11.3 Å². The van der Waals surface area contributed by atoms with Crippen LogP contribution in [0.1, 0.15) is 61.9 Å². The molecule has 3 rings (SSSR count). The Morgan fingerprint density at radius 1 is 1.24 bits per heavy atom. The van der Waals surface area contributed by atoms with E-state index >= 15 is 0 Å². The first-order valence-corrected chi connectivity index (χ1v) is 7.94. The predicted molar refractivity (Wildman–Crippen MR) is 83.5 cm³/mol. The second kappa shape index (κ2) is 5.28. The molecule has 0 saturated heterocycles. The Morgan fingerprint density at radius 3 is 2.76 bits per heavy atom. The third kappa shape index (κ3) is 2.74. The highest BCUT2D eigenvalue weighted by Gasteiger charge is 2.39. The van der Waals surface area contributed by atoms with Crippen LogP contribution in [-0.4, -0.2) is 11.7 Å². The molecule has 1 amide bonds. The lowest BCUT2D eigenvalue weighted by Crippen LogP contribution is -2.26. The summed E-state index contributed by atoms with van der Waals surface area (Å²) in [6, 6.07) is 5.77. The van der Waals surface area contributed by atoms with E-state index in [2.05, 4.69) is 19.2 Å². The van der Waals surface area contributed by atoms with Gasteiger partial charge in [0.1, 0.15) is 0 Å². The molecule has 1 saturated carbocycles. The molecule has 1 N–H and O–H groups in total. The number of carbonyl (C=O) groups is 2. The van der Waals surface area contributed by atoms with Crippen molar-refractivity contribution in [1.82, 2.24) is 0 Å². The second-order valence-electron chi connectivity index (χ2n) is 7.07. The van der Waals surface area contributed by atoms with Crippen LogP contribution in [0.4, 0.5) is 5.69 Å². The molecule has 1 aromatic carbocycles. The van der Waals surface area contributed by atoms with Crippen LogP contribution in [-0.2, 0) is 11.2 Å². The molecule has 2 aliphatic rings. The number of nitrogens with one attached hydrogen (secondary N) is 1. The van der Waals surface area contributed by atoms with Gasteiger partial charge in [-0.25, -0.2) is 0 Å². The Labute approximate surface area is 126 Å². The summed E-state index contributed by atoms with van der Waals surface area (Å²) in [6.07, 6.45) is 5.55. The highest BCUT2D eigenvalue weighted by molar-refractivity contribution is 6.00. The molecule has 21 heavy (non-hydrogen) atoms. The molecular formula is C18H23NO2. The summed E-state index contributed by atoms with van der Waals surface area (Å²) in [5.41, 5.74) is 2.89. The number of anilines is 1. The molecule has 0 spiro atoms. The number of amides is 1. The number of rotatable bonds is 2. The summed E-state index contributed by atoms with van der Waals surface area (Å²) in [5.74, 6) is 0.483. The molecule has 3 heteroatoms. The molecule has 1 aromatic rings. The van der Waals surface area contributed by atoms with E-state index in [-0.39, 0.29) is 23.0 Å². The van der Waals surface area contributed by atoms with Crippen molar-refractivity contribution < 1.29 is 9.59 Å². The molecule has 0 bridgehead atoms. The van der Waals surface area contributed by atoms with Gasteiger partial charge in [-0.05, 0) is 54.9 Å². The molecular weight excluding hydrogens is 262 g/mol. The molecule has 0 radical (unpaired) electrons. The van der Waals surface area contributed by atoms with Crippen LogP contribution in [0.25, 0.3) is 0 Å². The van der Waals surface area contributed by atoms with Crippen LogP contribution in [0.2, 0.25) is 0 Å². The monoisotopic (exact) mass is 285 g/mol. The Hall–Kier alpha value is -1.64. The zero-order chi connectivity index (χ0) is 15.0. The van der Waals surface area contributed by atoms with Crippen molar-refractivity contribution in [1.29, 1.82) is 0 Å². The summed E-state index contributed by atoms with van der Waals surface area (Å²) in [7, 11) is 0. The minimum absolute atomic E-state index is 0.0738. The fraction of sp³-hybridized carbons (Fsp3) is 0.556. The minimum Gasteiger partial charge on any atom is -0.326 e. The normalized spacial score (nSPS) is 24.1. The summed E-state index contributed by atoms with van der Waals surface area (Å²) in [4.78, 5) is 24.4. The zero-order valence-electron chi connectivity index (χ0n) is 12.9. The molecule has 1 unspecified atom stereocenters. The first-order chi connectivity index (χ1) is 9.97. The van der Waals surface area contributed by atoms with Crippen LogP contribution < -0.4 is 5.32 Å². The van der Waals surface area contributed by atoms with Crippen molar-refractivity contribution in [2.24, 2.45) is 11.3 Å². The van der Waals surface area contributed by atoms with Crippen molar-refractivity contribution in [3.05, 3.63) is 29.3 Å². The van der Waals surface area contributed by atoms with Crippen LogP contribution >= 0.6 is 0 Å². The van der Waals surface area contributed by atoms with E-state index in [4.69, 9.17) is 0 Å². The molecule has 0 aromatic heterocycles. The Morgan fingerprint density at radius 2 is 2.05 bits per heavy atom. The maximum atomic E-state index is 12.8. The maximum Gasteiger partial charge on any atom is 0.224 e. The SMILES string of the molecule is CC1(C)CCCC1C(=O)c1ccc2c(c1)CCCC(=O)N2. The predicted octanol–water partition coefficient (Wildman–Crippen LogP) is 3.97. The van der Waals surface area contributed by atoms with Gasteiger partial charge in [-0.1, -0.05) is 20.3 Å². The van der Waals surface area contributed by atoms with E-state index in [0.29, 0.717) is 6.42 Å². The number of ketones is 1. The van der Waals surface area contributed by atoms with Crippen molar-refractivity contribution in [2.45, 2.75) is 52.4 Å². The summed E-state index contributed by atoms with van der Waals surface area (Å²) >= 11 is 0. The highest BCUT2D eigenvalue weighted by atomic mass is 16.1. The zero-order valence-corrected chi connectivity index (χ0v) is 12.9. The first-order valence-electron chi connectivity index (χ1n) is 7.94. The third-order valence-corrected chi connectivity index (χ3v) is 5.09. The van der Waals surface area contributed by atoms with E-state index in [1.807, 2.05) is 18.2 Å². The summed E-state index contributed by atoms with van der Waals surface area (Å²) in [5, 5.41) is 2.92. The summed E-state index contributed by atoms with van der Waals surface area (Å²) in [6.45, 7) is 4.40. The van der Waals surface area contributed by atoms with Gasteiger partial charge in [-0.15, -0.1) is 0 Å². The fourth-order valence-electron chi connectivity index (χ4n) is 3.74. The quantitative estimate of drug-likeness (QED) is 0.836. The second-order valence-corrected chi connectivity index (χ2v) is 7.07. The van der Waals surface area contributed by atoms with Crippen molar-refractivity contribution in [2.75, 3.05) is 5.32 Å². The highest BCUT2D eigenvalue weighted by Crippen LogP contribution is 2.44. The number of benzene rings is 1. The van der Waals surface area contributed by atoms with E-state index in [0.717, 1.165) is 48.9 Å². The van der Waals surface area contributed by atoms with E-state index in [1.165, 1.54) is 0 Å². The van der Waals surface area contributed by atoms with Crippen molar-refractivity contribution >= 4 is 17.4 Å². The molecule has 1 heterocycles. The Kier molecular flexibility index (Phi) is 3.60. The van der Waals surface area contributed by atoms with Gasteiger partial charge < -0.3 is 5.32 Å². The molecule has 112 valence electrons.